The summed E-state index contributed by atoms with van der Waals surface area (Å²) in [5.74, 6) is -1.40. The van der Waals surface area contributed by atoms with Crippen molar-refractivity contribution in [3.8, 4) is 6.07 Å². The number of anilines is 1. The summed E-state index contributed by atoms with van der Waals surface area (Å²) in [5, 5.41) is 14.1. The SMILES string of the molecule is CC(NC(=O)C(=O)Nc1ccc(C#N)cc1)c1ccc2c(c1)CCCC2. The van der Waals surface area contributed by atoms with E-state index in [0.29, 0.717) is 11.3 Å². The van der Waals surface area contributed by atoms with Gasteiger partial charge in [-0.1, -0.05) is 18.2 Å². The van der Waals surface area contributed by atoms with Crippen molar-refractivity contribution in [3.05, 3.63) is 64.7 Å². The summed E-state index contributed by atoms with van der Waals surface area (Å²) in [6, 6.07) is 14.4. The normalized spacial score (nSPS) is 13.8. The Bertz CT molecular complexity index is 866. The molecule has 1 aliphatic rings. The molecule has 5 nitrogen and oxygen atoms in total. The molecule has 3 rings (SSSR count). The van der Waals surface area contributed by atoms with Crippen LogP contribution in [0, 0.1) is 11.3 Å². The Hall–Kier alpha value is -3.13. The molecule has 0 aliphatic heterocycles. The molecular formula is C21H21N3O2. The Morgan fingerprint density at radius 3 is 2.38 bits per heavy atom. The van der Waals surface area contributed by atoms with Crippen LogP contribution < -0.4 is 10.6 Å². The summed E-state index contributed by atoms with van der Waals surface area (Å²) in [6.07, 6.45) is 4.62. The molecule has 5 heteroatoms. The number of nitriles is 1. The van der Waals surface area contributed by atoms with Crippen LogP contribution in [0.4, 0.5) is 5.69 Å². The van der Waals surface area contributed by atoms with E-state index in [4.69, 9.17) is 5.26 Å². The van der Waals surface area contributed by atoms with E-state index in [2.05, 4.69) is 22.8 Å². The largest absolute Gasteiger partial charge is 0.341 e. The monoisotopic (exact) mass is 347 g/mol. The third-order valence-corrected chi connectivity index (χ3v) is 4.70. The maximum atomic E-state index is 12.2. The topological polar surface area (TPSA) is 82.0 Å². The van der Waals surface area contributed by atoms with Gasteiger partial charge in [-0.25, -0.2) is 0 Å². The van der Waals surface area contributed by atoms with Gasteiger partial charge in [0.25, 0.3) is 0 Å². The van der Waals surface area contributed by atoms with Crippen molar-refractivity contribution < 1.29 is 9.59 Å². The summed E-state index contributed by atoms with van der Waals surface area (Å²) >= 11 is 0. The summed E-state index contributed by atoms with van der Waals surface area (Å²) in [4.78, 5) is 24.2. The summed E-state index contributed by atoms with van der Waals surface area (Å²) < 4.78 is 0. The molecule has 2 aromatic rings. The van der Waals surface area contributed by atoms with Crippen molar-refractivity contribution >= 4 is 17.5 Å². The van der Waals surface area contributed by atoms with E-state index in [1.165, 1.54) is 24.0 Å². The minimum atomic E-state index is -0.723. The van der Waals surface area contributed by atoms with Gasteiger partial charge < -0.3 is 10.6 Å². The number of amides is 2. The number of hydrogen-bond acceptors (Lipinski definition) is 3. The Kier molecular flexibility index (Phi) is 5.33. The number of hydrogen-bond donors (Lipinski definition) is 2. The highest BCUT2D eigenvalue weighted by Gasteiger charge is 2.18. The average molecular weight is 347 g/mol. The molecule has 1 aliphatic carbocycles. The Morgan fingerprint density at radius 1 is 1.00 bits per heavy atom. The first kappa shape index (κ1) is 17.7. The van der Waals surface area contributed by atoms with Gasteiger partial charge in [0.05, 0.1) is 17.7 Å². The van der Waals surface area contributed by atoms with Crippen LogP contribution in [0.15, 0.2) is 42.5 Å². The number of carbonyl (C=O) groups is 2. The molecule has 0 aromatic heterocycles. The maximum Gasteiger partial charge on any atom is 0.313 e. The van der Waals surface area contributed by atoms with E-state index in [1.807, 2.05) is 19.1 Å². The van der Waals surface area contributed by atoms with Crippen molar-refractivity contribution in [2.24, 2.45) is 0 Å². The number of benzene rings is 2. The van der Waals surface area contributed by atoms with Crippen molar-refractivity contribution in [3.63, 3.8) is 0 Å². The number of rotatable bonds is 3. The second-order valence-corrected chi connectivity index (χ2v) is 6.57. The van der Waals surface area contributed by atoms with Gasteiger partial charge in [-0.3, -0.25) is 9.59 Å². The summed E-state index contributed by atoms with van der Waals surface area (Å²) in [7, 11) is 0. The quantitative estimate of drug-likeness (QED) is 0.836. The second-order valence-electron chi connectivity index (χ2n) is 6.57. The number of nitrogens with one attached hydrogen (secondary N) is 2. The predicted octanol–water partition coefficient (Wildman–Crippen LogP) is 3.25. The van der Waals surface area contributed by atoms with E-state index in [-0.39, 0.29) is 6.04 Å². The van der Waals surface area contributed by atoms with Gasteiger partial charge in [0, 0.05) is 5.69 Å². The predicted molar refractivity (Wildman–Crippen MR) is 99.4 cm³/mol. The average Bonchev–Trinajstić information content (AvgIpc) is 2.68. The highest BCUT2D eigenvalue weighted by molar-refractivity contribution is 6.39. The lowest BCUT2D eigenvalue weighted by Gasteiger charge is -2.20. The molecule has 0 saturated heterocycles. The zero-order valence-electron chi connectivity index (χ0n) is 14.7. The fraction of sp³-hybridized carbons (Fsp3) is 0.286. The maximum absolute atomic E-state index is 12.2. The molecule has 0 heterocycles. The zero-order valence-corrected chi connectivity index (χ0v) is 14.7. The van der Waals surface area contributed by atoms with Crippen molar-refractivity contribution in [2.75, 3.05) is 5.32 Å². The number of aryl methyl sites for hydroxylation is 2. The van der Waals surface area contributed by atoms with Crippen LogP contribution in [0.25, 0.3) is 0 Å². The molecule has 2 aromatic carbocycles. The molecule has 1 atom stereocenters. The summed E-state index contributed by atoms with van der Waals surface area (Å²) in [6.45, 7) is 1.87. The molecule has 0 saturated carbocycles. The lowest BCUT2D eigenvalue weighted by Crippen LogP contribution is -2.37. The van der Waals surface area contributed by atoms with Crippen LogP contribution in [0.1, 0.15) is 48.1 Å². The number of nitrogens with zero attached hydrogens (tertiary/aromatic N) is 1. The van der Waals surface area contributed by atoms with Crippen LogP contribution >= 0.6 is 0 Å². The molecule has 0 radical (unpaired) electrons. The molecular weight excluding hydrogens is 326 g/mol. The Labute approximate surface area is 153 Å². The smallest absolute Gasteiger partial charge is 0.313 e. The van der Waals surface area contributed by atoms with Gasteiger partial charge in [-0.05, 0) is 73.6 Å². The minimum absolute atomic E-state index is 0.249. The molecule has 1 unspecified atom stereocenters. The molecule has 0 fully saturated rings. The lowest BCUT2D eigenvalue weighted by molar-refractivity contribution is -0.136. The highest BCUT2D eigenvalue weighted by atomic mass is 16.2. The second kappa shape index (κ2) is 7.83. The molecule has 2 N–H and O–H groups in total. The number of carbonyl (C=O) groups excluding carboxylic acids is 2. The fourth-order valence-corrected chi connectivity index (χ4v) is 3.18. The van der Waals surface area contributed by atoms with Crippen molar-refractivity contribution in [2.45, 2.75) is 38.6 Å². The fourth-order valence-electron chi connectivity index (χ4n) is 3.18. The first-order chi connectivity index (χ1) is 12.6. The standard InChI is InChI=1S/C21H21N3O2/c1-14(17-9-8-16-4-2-3-5-18(16)12-17)23-20(25)21(26)24-19-10-6-15(13-22)7-11-19/h6-12,14H,2-5H2,1H3,(H,23,25)(H,24,26). The van der Waals surface area contributed by atoms with E-state index in [9.17, 15) is 9.59 Å². The van der Waals surface area contributed by atoms with E-state index in [1.54, 1.807) is 24.3 Å². The molecule has 26 heavy (non-hydrogen) atoms. The van der Waals surface area contributed by atoms with Crippen LogP contribution in [0.3, 0.4) is 0 Å². The molecule has 132 valence electrons. The lowest BCUT2D eigenvalue weighted by atomic mass is 9.89. The Balaban J connectivity index is 1.61. The van der Waals surface area contributed by atoms with E-state index >= 15 is 0 Å². The summed E-state index contributed by atoms with van der Waals surface area (Å²) in [5.41, 5.74) is 4.71. The van der Waals surface area contributed by atoms with Crippen LogP contribution in [-0.4, -0.2) is 11.8 Å². The van der Waals surface area contributed by atoms with Gasteiger partial charge in [0.15, 0.2) is 0 Å². The van der Waals surface area contributed by atoms with Crippen LogP contribution in [-0.2, 0) is 22.4 Å². The van der Waals surface area contributed by atoms with Gasteiger partial charge in [0.1, 0.15) is 0 Å². The zero-order chi connectivity index (χ0) is 18.5. The Morgan fingerprint density at radius 2 is 1.69 bits per heavy atom. The van der Waals surface area contributed by atoms with Crippen LogP contribution in [0.2, 0.25) is 0 Å². The van der Waals surface area contributed by atoms with E-state index < -0.39 is 11.8 Å². The van der Waals surface area contributed by atoms with Crippen molar-refractivity contribution in [1.29, 1.82) is 5.26 Å². The molecule has 0 bridgehead atoms. The van der Waals surface area contributed by atoms with Gasteiger partial charge in [-0.2, -0.15) is 5.26 Å². The first-order valence-electron chi connectivity index (χ1n) is 8.80. The third-order valence-electron chi connectivity index (χ3n) is 4.70. The first-order valence-corrected chi connectivity index (χ1v) is 8.80. The molecule has 0 spiro atoms. The van der Waals surface area contributed by atoms with Crippen LogP contribution in [0.5, 0.6) is 0 Å². The van der Waals surface area contributed by atoms with Gasteiger partial charge in [-0.15, -0.1) is 0 Å². The van der Waals surface area contributed by atoms with Gasteiger partial charge in [0.2, 0.25) is 0 Å². The highest BCUT2D eigenvalue weighted by Crippen LogP contribution is 2.24. The number of fused-ring (bicyclic) bond motifs is 1. The minimum Gasteiger partial charge on any atom is -0.341 e. The molecule has 2 amide bonds. The van der Waals surface area contributed by atoms with E-state index in [0.717, 1.165) is 18.4 Å². The van der Waals surface area contributed by atoms with Crippen molar-refractivity contribution in [1.82, 2.24) is 5.32 Å². The third kappa shape index (κ3) is 4.09. The van der Waals surface area contributed by atoms with Gasteiger partial charge >= 0.3 is 11.8 Å².